The Morgan fingerprint density at radius 3 is 2.02 bits per heavy atom. The van der Waals surface area contributed by atoms with Crippen molar-refractivity contribution in [3.63, 3.8) is 0 Å². The molecule has 5 aromatic rings. The van der Waals surface area contributed by atoms with E-state index >= 15 is 0 Å². The Morgan fingerprint density at radius 1 is 0.738 bits per heavy atom. The molecule has 0 radical (unpaired) electrons. The third-order valence-corrected chi connectivity index (χ3v) is 7.94. The van der Waals surface area contributed by atoms with Gasteiger partial charge in [-0.1, -0.05) is 54.6 Å². The first-order valence-electron chi connectivity index (χ1n) is 14.1. The number of aromatic nitrogens is 1. The Kier molecular flexibility index (Phi) is 8.04. The molecule has 2 heterocycles. The fraction of sp³-hybridized carbons (Fsp3) is 0.167. The van der Waals surface area contributed by atoms with Gasteiger partial charge in [-0.05, 0) is 95.8 Å². The van der Waals surface area contributed by atoms with Gasteiger partial charge in [0.2, 0.25) is 5.91 Å². The number of hydrogen-bond donors (Lipinski definition) is 0. The van der Waals surface area contributed by atoms with Crippen LogP contribution >= 0.6 is 0 Å². The Hall–Kier alpha value is -4.84. The molecule has 1 fully saturated rings. The molecule has 1 aromatic heterocycles. The summed E-state index contributed by atoms with van der Waals surface area (Å²) in [6.45, 7) is 0.464. The number of hydrogen-bond acceptors (Lipinski definition) is 3. The molecular weight excluding hydrogens is 530 g/mol. The molecule has 6 heteroatoms. The van der Waals surface area contributed by atoms with E-state index in [4.69, 9.17) is 4.74 Å². The number of β-lactam (4-membered cyclic amide) rings is 1. The van der Waals surface area contributed by atoms with Gasteiger partial charge in [0, 0.05) is 24.0 Å². The molecule has 1 amide bonds. The molecular formula is C36H30F2N2O2. The normalized spacial score (nSPS) is 17.0. The number of carbonyl (C=O) groups excluding carboxylic acids is 1. The summed E-state index contributed by atoms with van der Waals surface area (Å²) in [5.74, 6) is -0.172. The van der Waals surface area contributed by atoms with Crippen LogP contribution in [0.25, 0.3) is 0 Å². The molecule has 6 rings (SSSR count). The molecule has 1 saturated heterocycles. The largest absolute Gasteiger partial charge is 0.489 e. The van der Waals surface area contributed by atoms with Crippen LogP contribution in [0.2, 0.25) is 0 Å². The summed E-state index contributed by atoms with van der Waals surface area (Å²) in [4.78, 5) is 19.5. The first-order chi connectivity index (χ1) is 20.6. The smallest absolute Gasteiger partial charge is 0.233 e. The number of rotatable bonds is 10. The number of pyridine rings is 1. The highest BCUT2D eigenvalue weighted by atomic mass is 19.1. The second kappa shape index (κ2) is 12.4. The van der Waals surface area contributed by atoms with Crippen molar-refractivity contribution < 1.29 is 18.3 Å². The molecule has 0 saturated carbocycles. The second-order valence-corrected chi connectivity index (χ2v) is 10.5. The summed E-state index contributed by atoms with van der Waals surface area (Å²) >= 11 is 0. The van der Waals surface area contributed by atoms with Crippen LogP contribution in [0.1, 0.15) is 47.1 Å². The first-order valence-corrected chi connectivity index (χ1v) is 14.1. The third-order valence-electron chi connectivity index (χ3n) is 7.94. The standard InChI is InChI=1S/C36H30F2N2O2/c37-29-10-6-26(7-11-29)33(27-20-22-39-23-21-27)18-19-34-35(40(36(34)41)31-14-12-30(38)13-15-31)28-8-16-32(17-9-28)42-24-25-4-2-1-3-5-25/h1-17,20-23,33-35H,18-19,24H2/t33-,34?,35?/m0/s1. The van der Waals surface area contributed by atoms with Gasteiger partial charge in [-0.15, -0.1) is 0 Å². The maximum absolute atomic E-state index is 13.7. The SMILES string of the molecule is O=C1C(CC[C@H](c2ccncc2)c2ccc(F)cc2)C(c2ccc(OCc3ccccc3)cc2)N1c1ccc(F)cc1. The highest BCUT2D eigenvalue weighted by Gasteiger charge is 2.48. The Bertz CT molecular complexity index is 1610. The van der Waals surface area contributed by atoms with Crippen LogP contribution in [0.5, 0.6) is 5.75 Å². The highest BCUT2D eigenvalue weighted by molar-refractivity contribution is 6.03. The van der Waals surface area contributed by atoms with Crippen molar-refractivity contribution in [2.75, 3.05) is 4.90 Å². The zero-order chi connectivity index (χ0) is 28.9. The minimum absolute atomic E-state index is 0.00333. The molecule has 0 spiro atoms. The minimum Gasteiger partial charge on any atom is -0.489 e. The van der Waals surface area contributed by atoms with Crippen molar-refractivity contribution in [1.82, 2.24) is 4.98 Å². The van der Waals surface area contributed by atoms with Crippen LogP contribution in [-0.4, -0.2) is 10.9 Å². The molecule has 3 atom stereocenters. The number of amides is 1. The highest BCUT2D eigenvalue weighted by Crippen LogP contribution is 2.47. The maximum atomic E-state index is 13.7. The van der Waals surface area contributed by atoms with Gasteiger partial charge in [0.15, 0.2) is 0 Å². The van der Waals surface area contributed by atoms with Gasteiger partial charge in [0.05, 0.1) is 12.0 Å². The van der Waals surface area contributed by atoms with Gasteiger partial charge in [0.1, 0.15) is 24.0 Å². The molecule has 0 bridgehead atoms. The molecule has 210 valence electrons. The van der Waals surface area contributed by atoms with Crippen LogP contribution in [0, 0.1) is 17.6 Å². The zero-order valence-electron chi connectivity index (χ0n) is 22.9. The molecule has 0 aliphatic carbocycles. The summed E-state index contributed by atoms with van der Waals surface area (Å²) in [6.07, 6.45) is 4.82. The number of carbonyl (C=O) groups is 1. The van der Waals surface area contributed by atoms with E-state index < -0.39 is 0 Å². The van der Waals surface area contributed by atoms with E-state index in [1.165, 1.54) is 24.3 Å². The zero-order valence-corrected chi connectivity index (χ0v) is 22.9. The third kappa shape index (κ3) is 5.93. The fourth-order valence-corrected chi connectivity index (χ4v) is 5.77. The Labute approximate surface area is 244 Å². The molecule has 42 heavy (non-hydrogen) atoms. The topological polar surface area (TPSA) is 42.4 Å². The predicted molar refractivity (Wildman–Crippen MR) is 159 cm³/mol. The van der Waals surface area contributed by atoms with Crippen LogP contribution < -0.4 is 9.64 Å². The van der Waals surface area contributed by atoms with Gasteiger partial charge in [-0.25, -0.2) is 8.78 Å². The lowest BCUT2D eigenvalue weighted by atomic mass is 9.76. The van der Waals surface area contributed by atoms with Crippen molar-refractivity contribution in [1.29, 1.82) is 0 Å². The van der Waals surface area contributed by atoms with Gasteiger partial charge >= 0.3 is 0 Å². The number of benzene rings is 4. The van der Waals surface area contributed by atoms with Crippen molar-refractivity contribution in [3.8, 4) is 5.75 Å². The fourth-order valence-electron chi connectivity index (χ4n) is 5.77. The van der Waals surface area contributed by atoms with E-state index in [0.717, 1.165) is 28.0 Å². The first kappa shape index (κ1) is 27.3. The van der Waals surface area contributed by atoms with Crippen molar-refractivity contribution in [2.45, 2.75) is 31.4 Å². The second-order valence-electron chi connectivity index (χ2n) is 10.5. The van der Waals surface area contributed by atoms with Gasteiger partial charge in [-0.3, -0.25) is 9.78 Å². The number of halogens is 2. The maximum Gasteiger partial charge on any atom is 0.233 e. The predicted octanol–water partition coefficient (Wildman–Crippen LogP) is 8.26. The van der Waals surface area contributed by atoms with Crippen molar-refractivity contribution in [2.24, 2.45) is 5.92 Å². The van der Waals surface area contributed by atoms with Gasteiger partial charge < -0.3 is 9.64 Å². The summed E-state index contributed by atoms with van der Waals surface area (Å²) in [7, 11) is 0. The van der Waals surface area contributed by atoms with Crippen LogP contribution in [0.3, 0.4) is 0 Å². The minimum atomic E-state index is -0.348. The Morgan fingerprint density at radius 2 is 1.36 bits per heavy atom. The average Bonchev–Trinajstić information content (AvgIpc) is 3.03. The molecule has 2 unspecified atom stereocenters. The Balaban J connectivity index is 1.24. The lowest BCUT2D eigenvalue weighted by Gasteiger charge is -2.48. The molecule has 0 N–H and O–H groups in total. The quantitative estimate of drug-likeness (QED) is 0.162. The lowest BCUT2D eigenvalue weighted by Crippen LogP contribution is -2.55. The van der Waals surface area contributed by atoms with Crippen molar-refractivity contribution >= 4 is 11.6 Å². The summed E-state index contributed by atoms with van der Waals surface area (Å²) < 4.78 is 33.4. The molecule has 1 aliphatic heterocycles. The van der Waals surface area contributed by atoms with E-state index in [1.807, 2.05) is 66.7 Å². The van der Waals surface area contributed by atoms with E-state index in [2.05, 4.69) is 4.98 Å². The number of nitrogens with zero attached hydrogens (tertiary/aromatic N) is 2. The van der Waals surface area contributed by atoms with E-state index in [-0.39, 0.29) is 35.4 Å². The van der Waals surface area contributed by atoms with E-state index in [0.29, 0.717) is 25.1 Å². The van der Waals surface area contributed by atoms with Crippen LogP contribution in [0.4, 0.5) is 14.5 Å². The molecule has 4 nitrogen and oxygen atoms in total. The van der Waals surface area contributed by atoms with E-state index in [1.54, 1.807) is 41.6 Å². The van der Waals surface area contributed by atoms with Crippen LogP contribution in [0.15, 0.2) is 128 Å². The van der Waals surface area contributed by atoms with Crippen LogP contribution in [-0.2, 0) is 11.4 Å². The van der Waals surface area contributed by atoms with Crippen molar-refractivity contribution in [3.05, 3.63) is 162 Å². The average molecular weight is 561 g/mol. The lowest BCUT2D eigenvalue weighted by molar-refractivity contribution is -0.130. The van der Waals surface area contributed by atoms with Gasteiger partial charge in [-0.2, -0.15) is 0 Å². The summed E-state index contributed by atoms with van der Waals surface area (Å²) in [5, 5.41) is 0. The summed E-state index contributed by atoms with van der Waals surface area (Å²) in [5.41, 5.74) is 4.78. The number of anilines is 1. The number of ether oxygens (including phenoxy) is 1. The molecule has 1 aliphatic rings. The van der Waals surface area contributed by atoms with E-state index in [9.17, 15) is 13.6 Å². The monoisotopic (exact) mass is 560 g/mol. The van der Waals surface area contributed by atoms with Gasteiger partial charge in [0.25, 0.3) is 0 Å². The molecule has 4 aromatic carbocycles. The summed E-state index contributed by atoms with van der Waals surface area (Å²) in [6, 6.07) is 34.1.